The predicted molar refractivity (Wildman–Crippen MR) is 72.2 cm³/mol. The molecule has 1 saturated carbocycles. The predicted octanol–water partition coefficient (Wildman–Crippen LogP) is 2.70. The fourth-order valence-corrected chi connectivity index (χ4v) is 3.92. The van der Waals surface area contributed by atoms with Crippen molar-refractivity contribution < 1.29 is 4.21 Å². The second-order valence-electron chi connectivity index (χ2n) is 6.16. The molecular weight excluding hydrogens is 218 g/mol. The maximum atomic E-state index is 12.1. The van der Waals surface area contributed by atoms with Crippen LogP contribution in [-0.4, -0.2) is 27.3 Å². The van der Waals surface area contributed by atoms with E-state index in [1.165, 1.54) is 25.7 Å². The number of hydrogen-bond acceptors (Lipinski definition) is 2. The topological polar surface area (TPSA) is 29.1 Å². The Balaban J connectivity index is 2.24. The Bertz CT molecular complexity index is 235. The minimum absolute atomic E-state index is 0.143. The summed E-state index contributed by atoms with van der Waals surface area (Å²) in [6.07, 6.45) is 4.94. The third-order valence-corrected chi connectivity index (χ3v) is 5.00. The molecule has 3 unspecified atom stereocenters. The minimum Gasteiger partial charge on any atom is -0.311 e. The van der Waals surface area contributed by atoms with Crippen LogP contribution in [0.25, 0.3) is 0 Å². The monoisotopic (exact) mass is 245 g/mol. The lowest BCUT2D eigenvalue weighted by Gasteiger charge is -2.27. The lowest BCUT2D eigenvalue weighted by atomic mass is 9.91. The third kappa shape index (κ3) is 5.44. The highest BCUT2D eigenvalue weighted by atomic mass is 32.2. The Kier molecular flexibility index (Phi) is 5.45. The van der Waals surface area contributed by atoms with Crippen LogP contribution in [0.1, 0.15) is 53.4 Å². The van der Waals surface area contributed by atoms with Gasteiger partial charge in [-0.3, -0.25) is 4.21 Å². The SMILES string of the molecule is CC1CCCC(S(=O)CCNC(C)(C)C)C1. The molecule has 1 aliphatic carbocycles. The summed E-state index contributed by atoms with van der Waals surface area (Å²) in [5.41, 5.74) is 0.143. The van der Waals surface area contributed by atoms with Crippen molar-refractivity contribution in [2.24, 2.45) is 5.92 Å². The van der Waals surface area contributed by atoms with Gasteiger partial charge in [0.15, 0.2) is 0 Å². The van der Waals surface area contributed by atoms with Crippen LogP contribution in [0.3, 0.4) is 0 Å². The summed E-state index contributed by atoms with van der Waals surface area (Å²) in [5, 5.41) is 3.87. The van der Waals surface area contributed by atoms with Crippen LogP contribution in [0.4, 0.5) is 0 Å². The number of nitrogens with one attached hydrogen (secondary N) is 1. The highest BCUT2D eigenvalue weighted by molar-refractivity contribution is 7.85. The molecule has 0 aromatic heterocycles. The van der Waals surface area contributed by atoms with Gasteiger partial charge in [-0.25, -0.2) is 0 Å². The quantitative estimate of drug-likeness (QED) is 0.825. The lowest BCUT2D eigenvalue weighted by molar-refractivity contribution is 0.388. The highest BCUT2D eigenvalue weighted by Gasteiger charge is 2.23. The summed E-state index contributed by atoms with van der Waals surface area (Å²) in [5.74, 6) is 1.59. The zero-order valence-electron chi connectivity index (χ0n) is 11.2. The molecule has 0 aromatic carbocycles. The molecule has 3 heteroatoms. The second-order valence-corrected chi connectivity index (χ2v) is 7.99. The van der Waals surface area contributed by atoms with Crippen LogP contribution in [0, 0.1) is 5.92 Å². The molecule has 1 fully saturated rings. The fraction of sp³-hybridized carbons (Fsp3) is 1.00. The highest BCUT2D eigenvalue weighted by Crippen LogP contribution is 2.26. The van der Waals surface area contributed by atoms with Crippen molar-refractivity contribution in [3.05, 3.63) is 0 Å². The van der Waals surface area contributed by atoms with Crippen LogP contribution < -0.4 is 5.32 Å². The Hall–Kier alpha value is 0.110. The van der Waals surface area contributed by atoms with Crippen molar-refractivity contribution >= 4 is 10.8 Å². The van der Waals surface area contributed by atoms with Crippen molar-refractivity contribution in [2.75, 3.05) is 12.3 Å². The van der Waals surface area contributed by atoms with E-state index in [-0.39, 0.29) is 5.54 Å². The van der Waals surface area contributed by atoms with E-state index in [9.17, 15) is 4.21 Å². The van der Waals surface area contributed by atoms with Gasteiger partial charge in [0.25, 0.3) is 0 Å². The summed E-state index contributed by atoms with van der Waals surface area (Å²) in [6, 6.07) is 0. The molecule has 1 N–H and O–H groups in total. The van der Waals surface area contributed by atoms with Gasteiger partial charge in [0.05, 0.1) is 0 Å². The molecule has 3 atom stereocenters. The Morgan fingerprint density at radius 3 is 2.56 bits per heavy atom. The molecule has 0 spiro atoms. The Labute approximate surface area is 103 Å². The summed E-state index contributed by atoms with van der Waals surface area (Å²) >= 11 is 0. The first-order chi connectivity index (χ1) is 7.38. The summed E-state index contributed by atoms with van der Waals surface area (Å²) in [4.78, 5) is 0. The average Bonchev–Trinajstić information content (AvgIpc) is 2.15. The van der Waals surface area contributed by atoms with E-state index in [4.69, 9.17) is 0 Å². The number of hydrogen-bond donors (Lipinski definition) is 1. The van der Waals surface area contributed by atoms with Gasteiger partial charge in [0.1, 0.15) is 0 Å². The smallest absolute Gasteiger partial charge is 0.0363 e. The Morgan fingerprint density at radius 1 is 1.31 bits per heavy atom. The first-order valence-corrected chi connectivity index (χ1v) is 7.89. The van der Waals surface area contributed by atoms with Crippen molar-refractivity contribution in [2.45, 2.75) is 64.2 Å². The van der Waals surface area contributed by atoms with E-state index in [0.717, 1.165) is 18.2 Å². The zero-order chi connectivity index (χ0) is 12.2. The molecule has 16 heavy (non-hydrogen) atoms. The van der Waals surface area contributed by atoms with Gasteiger partial charge in [-0.1, -0.05) is 19.8 Å². The van der Waals surface area contributed by atoms with Gasteiger partial charge in [-0.15, -0.1) is 0 Å². The van der Waals surface area contributed by atoms with Crippen LogP contribution in [0.15, 0.2) is 0 Å². The van der Waals surface area contributed by atoms with E-state index < -0.39 is 10.8 Å². The van der Waals surface area contributed by atoms with Gasteiger partial charge in [0.2, 0.25) is 0 Å². The minimum atomic E-state index is -0.624. The standard InChI is InChI=1S/C13H27NOS/c1-11-6-5-7-12(10-11)16(15)9-8-14-13(2,3)4/h11-12,14H,5-10H2,1-4H3. The lowest BCUT2D eigenvalue weighted by Crippen LogP contribution is -2.39. The first-order valence-electron chi connectivity index (χ1n) is 6.50. The molecule has 0 radical (unpaired) electrons. The van der Waals surface area contributed by atoms with E-state index in [1.54, 1.807) is 0 Å². The number of rotatable bonds is 4. The molecule has 0 aliphatic heterocycles. The molecular formula is C13H27NOS. The van der Waals surface area contributed by atoms with Crippen molar-refractivity contribution in [3.63, 3.8) is 0 Å². The van der Waals surface area contributed by atoms with Gasteiger partial charge in [-0.2, -0.15) is 0 Å². The molecule has 0 aromatic rings. The van der Waals surface area contributed by atoms with Gasteiger partial charge in [-0.05, 0) is 39.5 Å². The maximum Gasteiger partial charge on any atom is 0.0363 e. The van der Waals surface area contributed by atoms with E-state index in [1.807, 2.05) is 0 Å². The molecule has 1 aliphatic rings. The van der Waals surface area contributed by atoms with Crippen LogP contribution in [-0.2, 0) is 10.8 Å². The first kappa shape index (κ1) is 14.2. The second kappa shape index (κ2) is 6.15. The van der Waals surface area contributed by atoms with E-state index in [2.05, 4.69) is 33.0 Å². The van der Waals surface area contributed by atoms with Gasteiger partial charge in [0, 0.05) is 33.9 Å². The fourth-order valence-electron chi connectivity index (χ4n) is 2.31. The molecule has 0 bridgehead atoms. The molecule has 0 saturated heterocycles. The average molecular weight is 245 g/mol. The normalized spacial score (nSPS) is 29.0. The van der Waals surface area contributed by atoms with E-state index in [0.29, 0.717) is 5.25 Å². The molecule has 0 heterocycles. The molecule has 1 rings (SSSR count). The van der Waals surface area contributed by atoms with Crippen molar-refractivity contribution in [1.82, 2.24) is 5.32 Å². The van der Waals surface area contributed by atoms with Crippen molar-refractivity contribution in [1.29, 1.82) is 0 Å². The third-order valence-electron chi connectivity index (χ3n) is 3.22. The molecule has 2 nitrogen and oxygen atoms in total. The summed E-state index contributed by atoms with van der Waals surface area (Å²) in [6.45, 7) is 9.62. The summed E-state index contributed by atoms with van der Waals surface area (Å²) in [7, 11) is -0.624. The van der Waals surface area contributed by atoms with Crippen LogP contribution in [0.5, 0.6) is 0 Å². The maximum absolute atomic E-state index is 12.1. The van der Waals surface area contributed by atoms with Crippen LogP contribution in [0.2, 0.25) is 0 Å². The largest absolute Gasteiger partial charge is 0.311 e. The van der Waals surface area contributed by atoms with Crippen LogP contribution >= 0.6 is 0 Å². The molecule has 96 valence electrons. The van der Waals surface area contributed by atoms with E-state index >= 15 is 0 Å². The zero-order valence-corrected chi connectivity index (χ0v) is 12.0. The van der Waals surface area contributed by atoms with Crippen molar-refractivity contribution in [3.8, 4) is 0 Å². The van der Waals surface area contributed by atoms with Gasteiger partial charge >= 0.3 is 0 Å². The Morgan fingerprint density at radius 2 is 2.00 bits per heavy atom. The molecule has 0 amide bonds. The summed E-state index contributed by atoms with van der Waals surface area (Å²) < 4.78 is 12.1. The van der Waals surface area contributed by atoms with Gasteiger partial charge < -0.3 is 5.32 Å².